The number of aryl methyl sites for hydroxylation is 1. The van der Waals surface area contributed by atoms with E-state index in [1.54, 1.807) is 12.1 Å². The molecular weight excluding hydrogens is 190 g/mol. The van der Waals surface area contributed by atoms with Crippen LogP contribution in [0.25, 0.3) is 0 Å². The summed E-state index contributed by atoms with van der Waals surface area (Å²) in [5.41, 5.74) is 0.989. The Bertz CT molecular complexity index is 325. The zero-order valence-corrected chi connectivity index (χ0v) is 8.18. The summed E-state index contributed by atoms with van der Waals surface area (Å²) in [6.07, 6.45) is -0.521. The molecule has 0 saturated heterocycles. The van der Waals surface area contributed by atoms with Crippen LogP contribution in [0.3, 0.4) is 0 Å². The highest BCUT2D eigenvalue weighted by Crippen LogP contribution is 2.25. The molecule has 0 aliphatic rings. The van der Waals surface area contributed by atoms with Gasteiger partial charge in [-0.2, -0.15) is 0 Å². The van der Waals surface area contributed by atoms with Crippen LogP contribution in [0.2, 0.25) is 5.02 Å². The number of hydrogen-bond acceptors (Lipinski definition) is 2. The molecule has 0 saturated carbocycles. The molecule has 0 spiro atoms. The summed E-state index contributed by atoms with van der Waals surface area (Å²) < 4.78 is 4.89. The fraction of sp³-hybridized carbons (Fsp3) is 0.222. The van der Waals surface area contributed by atoms with Crippen LogP contribution in [0, 0.1) is 6.92 Å². The Labute approximate surface area is 81.7 Å². The minimum atomic E-state index is -0.521. The van der Waals surface area contributed by atoms with Gasteiger partial charge in [-0.05, 0) is 24.6 Å². The Balaban J connectivity index is 2.87. The Kier molecular flexibility index (Phi) is 3.14. The molecule has 0 fully saturated rings. The van der Waals surface area contributed by atoms with E-state index in [2.05, 4.69) is 5.32 Å². The van der Waals surface area contributed by atoms with Gasteiger partial charge in [0.25, 0.3) is 0 Å². The summed E-state index contributed by atoms with van der Waals surface area (Å²) >= 11 is 5.79. The quantitative estimate of drug-likeness (QED) is 0.754. The maximum Gasteiger partial charge on any atom is 0.412 e. The average Bonchev–Trinajstić information content (AvgIpc) is 2.11. The van der Waals surface area contributed by atoms with Crippen LogP contribution in [0.5, 0.6) is 5.75 Å². The van der Waals surface area contributed by atoms with E-state index in [0.29, 0.717) is 10.8 Å². The van der Waals surface area contributed by atoms with Crippen molar-refractivity contribution >= 4 is 17.7 Å². The second kappa shape index (κ2) is 4.14. The Morgan fingerprint density at radius 2 is 2.23 bits per heavy atom. The normalized spacial score (nSPS) is 9.46. The van der Waals surface area contributed by atoms with Crippen molar-refractivity contribution in [3.8, 4) is 5.75 Å². The van der Waals surface area contributed by atoms with Gasteiger partial charge in [-0.3, -0.25) is 0 Å². The standard InChI is InChI=1S/C9H10ClNO2/c1-6-3-4-7(10)8(5-6)13-9(12)11-2/h3-5H,1-2H3,(H,11,12). The molecule has 0 atom stereocenters. The van der Waals surface area contributed by atoms with Crippen molar-refractivity contribution in [1.29, 1.82) is 0 Å². The van der Waals surface area contributed by atoms with Gasteiger partial charge in [-0.15, -0.1) is 0 Å². The van der Waals surface area contributed by atoms with E-state index in [-0.39, 0.29) is 0 Å². The number of amides is 1. The molecule has 0 radical (unpaired) electrons. The minimum absolute atomic E-state index is 0.376. The predicted octanol–water partition coefficient (Wildman–Crippen LogP) is 2.37. The van der Waals surface area contributed by atoms with E-state index >= 15 is 0 Å². The molecule has 0 heterocycles. The van der Waals surface area contributed by atoms with E-state index in [4.69, 9.17) is 16.3 Å². The van der Waals surface area contributed by atoms with Crippen LogP contribution in [0.15, 0.2) is 18.2 Å². The molecule has 1 aromatic carbocycles. The zero-order valence-electron chi connectivity index (χ0n) is 7.43. The van der Waals surface area contributed by atoms with Gasteiger partial charge >= 0.3 is 6.09 Å². The molecule has 1 rings (SSSR count). The first-order chi connectivity index (χ1) is 6.13. The summed E-state index contributed by atoms with van der Waals surface area (Å²) in [5.74, 6) is 0.376. The molecule has 0 aromatic heterocycles. The molecule has 3 nitrogen and oxygen atoms in total. The van der Waals surface area contributed by atoms with E-state index in [1.165, 1.54) is 7.05 Å². The second-order valence-corrected chi connectivity index (χ2v) is 2.98. The van der Waals surface area contributed by atoms with Gasteiger partial charge < -0.3 is 10.1 Å². The zero-order chi connectivity index (χ0) is 9.84. The number of halogens is 1. The molecule has 4 heteroatoms. The number of benzene rings is 1. The molecular formula is C9H10ClNO2. The molecule has 1 amide bonds. The molecule has 0 unspecified atom stereocenters. The molecule has 13 heavy (non-hydrogen) atoms. The van der Waals surface area contributed by atoms with Crippen LogP contribution in [-0.4, -0.2) is 13.1 Å². The van der Waals surface area contributed by atoms with Crippen molar-refractivity contribution in [1.82, 2.24) is 5.32 Å². The number of hydrogen-bond donors (Lipinski definition) is 1. The van der Waals surface area contributed by atoms with Crippen molar-refractivity contribution in [2.24, 2.45) is 0 Å². The number of ether oxygens (including phenoxy) is 1. The van der Waals surface area contributed by atoms with Gasteiger partial charge in [0.2, 0.25) is 0 Å². The molecule has 1 aromatic rings. The second-order valence-electron chi connectivity index (χ2n) is 2.57. The van der Waals surface area contributed by atoms with E-state index in [9.17, 15) is 4.79 Å². The summed E-state index contributed by atoms with van der Waals surface area (Å²) in [5, 5.41) is 2.77. The topological polar surface area (TPSA) is 38.3 Å². The molecule has 70 valence electrons. The molecule has 0 bridgehead atoms. The summed E-state index contributed by atoms with van der Waals surface area (Å²) in [6.45, 7) is 1.90. The molecule has 0 aliphatic heterocycles. The lowest BCUT2D eigenvalue weighted by molar-refractivity contribution is 0.203. The Morgan fingerprint density at radius 1 is 1.54 bits per heavy atom. The summed E-state index contributed by atoms with van der Waals surface area (Å²) in [4.78, 5) is 10.9. The lowest BCUT2D eigenvalue weighted by Crippen LogP contribution is -2.22. The largest absolute Gasteiger partial charge is 0.412 e. The first kappa shape index (κ1) is 9.86. The highest BCUT2D eigenvalue weighted by molar-refractivity contribution is 6.32. The third-order valence-corrected chi connectivity index (χ3v) is 1.81. The number of nitrogens with one attached hydrogen (secondary N) is 1. The van der Waals surface area contributed by atoms with Gasteiger partial charge in [0.15, 0.2) is 5.75 Å². The van der Waals surface area contributed by atoms with Crippen molar-refractivity contribution in [3.63, 3.8) is 0 Å². The molecule has 1 N–H and O–H groups in total. The first-order valence-electron chi connectivity index (χ1n) is 3.79. The Morgan fingerprint density at radius 3 is 2.85 bits per heavy atom. The van der Waals surface area contributed by atoms with Crippen LogP contribution in [-0.2, 0) is 0 Å². The SMILES string of the molecule is CNC(=O)Oc1cc(C)ccc1Cl. The summed E-state index contributed by atoms with van der Waals surface area (Å²) in [7, 11) is 1.49. The minimum Gasteiger partial charge on any atom is -0.409 e. The van der Waals surface area contributed by atoms with E-state index in [0.717, 1.165) is 5.56 Å². The maximum absolute atomic E-state index is 10.9. The third-order valence-electron chi connectivity index (χ3n) is 1.49. The first-order valence-corrected chi connectivity index (χ1v) is 4.17. The van der Waals surface area contributed by atoms with Gasteiger partial charge in [0, 0.05) is 7.05 Å². The highest BCUT2D eigenvalue weighted by Gasteiger charge is 2.05. The number of carbonyl (C=O) groups excluding carboxylic acids is 1. The fourth-order valence-corrected chi connectivity index (χ4v) is 0.996. The van der Waals surface area contributed by atoms with Crippen molar-refractivity contribution < 1.29 is 9.53 Å². The van der Waals surface area contributed by atoms with Gasteiger partial charge in [0.1, 0.15) is 0 Å². The molecule has 0 aliphatic carbocycles. The third kappa shape index (κ3) is 2.63. The Hall–Kier alpha value is -1.22. The average molecular weight is 200 g/mol. The van der Waals surface area contributed by atoms with Crippen molar-refractivity contribution in [2.75, 3.05) is 7.05 Å². The van der Waals surface area contributed by atoms with Crippen LogP contribution in [0.4, 0.5) is 4.79 Å². The lowest BCUT2D eigenvalue weighted by Gasteiger charge is -2.05. The number of rotatable bonds is 1. The fourth-order valence-electron chi connectivity index (χ4n) is 0.840. The van der Waals surface area contributed by atoms with Crippen LogP contribution < -0.4 is 10.1 Å². The van der Waals surface area contributed by atoms with Crippen LogP contribution >= 0.6 is 11.6 Å². The van der Waals surface area contributed by atoms with Crippen LogP contribution in [0.1, 0.15) is 5.56 Å². The van der Waals surface area contributed by atoms with Crippen molar-refractivity contribution in [2.45, 2.75) is 6.92 Å². The monoisotopic (exact) mass is 199 g/mol. The van der Waals surface area contributed by atoms with Crippen molar-refractivity contribution in [3.05, 3.63) is 28.8 Å². The van der Waals surface area contributed by atoms with Gasteiger partial charge in [-0.25, -0.2) is 4.79 Å². The summed E-state index contributed by atoms with van der Waals surface area (Å²) in [6, 6.07) is 5.24. The van der Waals surface area contributed by atoms with Gasteiger partial charge in [-0.1, -0.05) is 17.7 Å². The van der Waals surface area contributed by atoms with E-state index in [1.807, 2.05) is 13.0 Å². The lowest BCUT2D eigenvalue weighted by atomic mass is 10.2. The highest BCUT2D eigenvalue weighted by atomic mass is 35.5. The smallest absolute Gasteiger partial charge is 0.409 e. The maximum atomic E-state index is 10.9. The predicted molar refractivity (Wildman–Crippen MR) is 51.3 cm³/mol. The van der Waals surface area contributed by atoms with E-state index < -0.39 is 6.09 Å². The number of carbonyl (C=O) groups is 1. The van der Waals surface area contributed by atoms with Gasteiger partial charge in [0.05, 0.1) is 5.02 Å².